The molecule has 5 nitrogen and oxygen atoms in total. The zero-order valence-electron chi connectivity index (χ0n) is 12.2. The van der Waals surface area contributed by atoms with Crippen molar-refractivity contribution in [1.29, 1.82) is 0 Å². The summed E-state index contributed by atoms with van der Waals surface area (Å²) in [7, 11) is 0. The topological polar surface area (TPSA) is 64.6 Å². The Labute approximate surface area is 133 Å². The van der Waals surface area contributed by atoms with Gasteiger partial charge in [0.15, 0.2) is 5.58 Å². The molecule has 0 spiro atoms. The minimum Gasteiger partial charge on any atom is -0.408 e. The Bertz CT molecular complexity index is 910. The van der Waals surface area contributed by atoms with Gasteiger partial charge in [-0.3, -0.25) is 4.57 Å². The van der Waals surface area contributed by atoms with Gasteiger partial charge in [-0.1, -0.05) is 18.2 Å². The lowest BCUT2D eigenvalue weighted by atomic mass is 10.1. The fraction of sp³-hybridized carbons (Fsp3) is 0.188. The molecule has 0 aliphatic rings. The molecular formula is C16H12F3NO4. The molecule has 0 bridgehead atoms. The number of hydrogen-bond acceptors (Lipinski definition) is 4. The van der Waals surface area contributed by atoms with Gasteiger partial charge >= 0.3 is 12.1 Å². The largest absolute Gasteiger partial charge is 0.573 e. The third kappa shape index (κ3) is 3.28. The zero-order valence-corrected chi connectivity index (χ0v) is 12.2. The third-order valence-electron chi connectivity index (χ3n) is 3.41. The lowest BCUT2D eigenvalue weighted by Crippen LogP contribution is -2.16. The summed E-state index contributed by atoms with van der Waals surface area (Å²) in [5, 5.41) is 9.02. The molecule has 3 rings (SSSR count). The summed E-state index contributed by atoms with van der Waals surface area (Å²) in [6.07, 6.45) is -4.74. The van der Waals surface area contributed by atoms with E-state index >= 15 is 0 Å². The molecule has 2 aromatic carbocycles. The van der Waals surface area contributed by atoms with Crippen LogP contribution < -0.4 is 10.5 Å². The number of hydrogen-bond donors (Lipinski definition) is 1. The molecule has 1 N–H and O–H groups in total. The predicted molar refractivity (Wildman–Crippen MR) is 79.7 cm³/mol. The van der Waals surface area contributed by atoms with Crippen LogP contribution in [0.15, 0.2) is 51.7 Å². The van der Waals surface area contributed by atoms with Gasteiger partial charge in [0, 0.05) is 0 Å². The van der Waals surface area contributed by atoms with E-state index in [0.717, 1.165) is 0 Å². The smallest absolute Gasteiger partial charge is 0.408 e. The Morgan fingerprint density at radius 2 is 1.75 bits per heavy atom. The summed E-state index contributed by atoms with van der Waals surface area (Å²) in [5.41, 5.74) is 2.21. The Kier molecular flexibility index (Phi) is 4.06. The van der Waals surface area contributed by atoms with Gasteiger partial charge in [0.2, 0.25) is 0 Å². The second kappa shape index (κ2) is 6.04. The molecule has 3 aromatic rings. The Morgan fingerprint density at radius 3 is 2.38 bits per heavy atom. The number of aromatic nitrogens is 1. The number of oxazole rings is 1. The maximum atomic E-state index is 12.2. The van der Waals surface area contributed by atoms with E-state index < -0.39 is 12.1 Å². The van der Waals surface area contributed by atoms with Crippen LogP contribution in [0.25, 0.3) is 22.2 Å². The first-order chi connectivity index (χ1) is 11.4. The first-order valence-corrected chi connectivity index (χ1v) is 6.98. The Hall–Kier alpha value is -2.74. The highest BCUT2D eigenvalue weighted by molar-refractivity contribution is 5.80. The van der Waals surface area contributed by atoms with Crippen LogP contribution in [0.1, 0.15) is 0 Å². The number of rotatable bonds is 4. The molecule has 0 fully saturated rings. The Morgan fingerprint density at radius 1 is 1.08 bits per heavy atom. The minimum atomic E-state index is -4.74. The van der Waals surface area contributed by atoms with Crippen LogP contribution in [0.5, 0.6) is 5.75 Å². The number of aliphatic hydroxyl groups is 1. The number of benzene rings is 2. The number of aliphatic hydroxyl groups excluding tert-OH is 1. The molecule has 0 unspecified atom stereocenters. The van der Waals surface area contributed by atoms with Crippen LogP contribution in [0.2, 0.25) is 0 Å². The van der Waals surface area contributed by atoms with Gasteiger partial charge in [0.05, 0.1) is 18.7 Å². The zero-order chi connectivity index (χ0) is 17.3. The van der Waals surface area contributed by atoms with Crippen molar-refractivity contribution < 1.29 is 27.4 Å². The van der Waals surface area contributed by atoms with E-state index in [4.69, 9.17) is 9.52 Å². The number of nitrogens with zero attached hydrogens (tertiary/aromatic N) is 1. The van der Waals surface area contributed by atoms with Crippen molar-refractivity contribution in [2.45, 2.75) is 12.9 Å². The van der Waals surface area contributed by atoms with Gasteiger partial charge in [-0.25, -0.2) is 4.79 Å². The third-order valence-corrected chi connectivity index (χ3v) is 3.41. The summed E-state index contributed by atoms with van der Waals surface area (Å²) in [6, 6.07) is 10.4. The fourth-order valence-electron chi connectivity index (χ4n) is 2.40. The predicted octanol–water partition coefficient (Wildman–Crippen LogP) is 3.15. The van der Waals surface area contributed by atoms with E-state index in [-0.39, 0.29) is 18.9 Å². The van der Waals surface area contributed by atoms with E-state index in [1.54, 1.807) is 18.2 Å². The summed E-state index contributed by atoms with van der Waals surface area (Å²) in [5.74, 6) is -0.891. The molecule has 0 saturated carbocycles. The van der Waals surface area contributed by atoms with Crippen molar-refractivity contribution in [1.82, 2.24) is 4.57 Å². The number of halogens is 3. The molecule has 24 heavy (non-hydrogen) atoms. The van der Waals surface area contributed by atoms with Gasteiger partial charge in [0.1, 0.15) is 5.75 Å². The normalized spacial score (nSPS) is 11.8. The van der Waals surface area contributed by atoms with Gasteiger partial charge in [-0.05, 0) is 35.4 Å². The fourth-order valence-corrected chi connectivity index (χ4v) is 2.40. The molecule has 1 heterocycles. The summed E-state index contributed by atoms with van der Waals surface area (Å²) in [6.45, 7) is -0.129. The highest BCUT2D eigenvalue weighted by Gasteiger charge is 2.30. The van der Waals surface area contributed by atoms with Crippen molar-refractivity contribution in [3.8, 4) is 16.9 Å². The lowest BCUT2D eigenvalue weighted by Gasteiger charge is -2.09. The monoisotopic (exact) mass is 339 g/mol. The molecular weight excluding hydrogens is 327 g/mol. The molecule has 8 heteroatoms. The molecule has 0 aliphatic carbocycles. The van der Waals surface area contributed by atoms with Crippen LogP contribution in [-0.4, -0.2) is 22.6 Å². The summed E-state index contributed by atoms with van der Waals surface area (Å²) in [4.78, 5) is 11.7. The molecule has 0 aliphatic heterocycles. The Balaban J connectivity index is 1.97. The van der Waals surface area contributed by atoms with E-state index in [2.05, 4.69) is 4.74 Å². The van der Waals surface area contributed by atoms with Crippen LogP contribution >= 0.6 is 0 Å². The lowest BCUT2D eigenvalue weighted by molar-refractivity contribution is -0.274. The van der Waals surface area contributed by atoms with Gasteiger partial charge in [-0.15, -0.1) is 13.2 Å². The molecule has 0 amide bonds. The van der Waals surface area contributed by atoms with Crippen LogP contribution in [-0.2, 0) is 6.54 Å². The maximum absolute atomic E-state index is 12.2. The van der Waals surface area contributed by atoms with Gasteiger partial charge in [0.25, 0.3) is 0 Å². The standard InChI is InChI=1S/C16H12F3NO4/c17-16(18,19)24-12-4-1-10(2-5-12)11-3-6-14-13(9-11)20(7-8-21)15(22)23-14/h1-6,9,21H,7-8H2. The summed E-state index contributed by atoms with van der Waals surface area (Å²) < 4.78 is 46.7. The second-order valence-corrected chi connectivity index (χ2v) is 5.00. The van der Waals surface area contributed by atoms with E-state index in [1.165, 1.54) is 28.8 Å². The van der Waals surface area contributed by atoms with Crippen molar-refractivity contribution in [2.75, 3.05) is 6.61 Å². The van der Waals surface area contributed by atoms with Crippen molar-refractivity contribution >= 4 is 11.1 Å². The van der Waals surface area contributed by atoms with E-state index in [0.29, 0.717) is 22.2 Å². The second-order valence-electron chi connectivity index (χ2n) is 5.00. The quantitative estimate of drug-likeness (QED) is 0.793. The molecule has 0 radical (unpaired) electrons. The average Bonchev–Trinajstić information content (AvgIpc) is 2.82. The van der Waals surface area contributed by atoms with Crippen LogP contribution in [0.4, 0.5) is 13.2 Å². The SMILES string of the molecule is O=c1oc2ccc(-c3ccc(OC(F)(F)F)cc3)cc2n1CCO. The van der Waals surface area contributed by atoms with Crippen molar-refractivity contribution in [3.05, 3.63) is 53.0 Å². The summed E-state index contributed by atoms with van der Waals surface area (Å²) >= 11 is 0. The highest BCUT2D eigenvalue weighted by atomic mass is 19.4. The first-order valence-electron chi connectivity index (χ1n) is 6.98. The molecule has 0 saturated heterocycles. The van der Waals surface area contributed by atoms with E-state index in [1.807, 2.05) is 0 Å². The molecule has 126 valence electrons. The van der Waals surface area contributed by atoms with Crippen molar-refractivity contribution in [3.63, 3.8) is 0 Å². The number of ether oxygens (including phenoxy) is 1. The first kappa shape index (κ1) is 16.1. The van der Waals surface area contributed by atoms with Crippen molar-refractivity contribution in [2.24, 2.45) is 0 Å². The van der Waals surface area contributed by atoms with Gasteiger partial charge in [-0.2, -0.15) is 0 Å². The molecule has 0 atom stereocenters. The number of fused-ring (bicyclic) bond motifs is 1. The highest BCUT2D eigenvalue weighted by Crippen LogP contribution is 2.28. The van der Waals surface area contributed by atoms with Crippen LogP contribution in [0, 0.1) is 0 Å². The number of alkyl halides is 3. The maximum Gasteiger partial charge on any atom is 0.573 e. The average molecular weight is 339 g/mol. The molecule has 1 aromatic heterocycles. The minimum absolute atomic E-state index is 0.0909. The van der Waals surface area contributed by atoms with Gasteiger partial charge < -0.3 is 14.3 Å². The van der Waals surface area contributed by atoms with Crippen LogP contribution in [0.3, 0.4) is 0 Å². The van der Waals surface area contributed by atoms with E-state index in [9.17, 15) is 18.0 Å².